The van der Waals surface area contributed by atoms with Crippen molar-refractivity contribution >= 4 is 39.1 Å². The van der Waals surface area contributed by atoms with E-state index >= 15 is 0 Å². The lowest BCUT2D eigenvalue weighted by molar-refractivity contribution is 0.154. The van der Waals surface area contributed by atoms with Gasteiger partial charge in [0.05, 0.1) is 10.9 Å². The zero-order valence-electron chi connectivity index (χ0n) is 11.6. The summed E-state index contributed by atoms with van der Waals surface area (Å²) in [5, 5.41) is 8.81. The Morgan fingerprint density at radius 1 is 1.50 bits per heavy atom. The quantitative estimate of drug-likeness (QED) is 0.882. The number of sulfonamides is 1. The van der Waals surface area contributed by atoms with Crippen molar-refractivity contribution in [2.24, 2.45) is 0 Å². The molecule has 114 valence electrons. The fourth-order valence-corrected chi connectivity index (χ4v) is 4.55. The topological polar surface area (TPSA) is 86.7 Å². The van der Waals surface area contributed by atoms with Crippen molar-refractivity contribution < 1.29 is 18.3 Å². The van der Waals surface area contributed by atoms with Crippen LogP contribution in [0.5, 0.6) is 0 Å². The molecule has 0 unspecified atom stereocenters. The number of amides is 1. The summed E-state index contributed by atoms with van der Waals surface area (Å²) in [7, 11) is -2.27. The van der Waals surface area contributed by atoms with Crippen molar-refractivity contribution in [1.29, 1.82) is 0 Å². The molecule has 20 heavy (non-hydrogen) atoms. The summed E-state index contributed by atoms with van der Waals surface area (Å²) in [5.74, 6) is 0. The monoisotopic (exact) mass is 340 g/mol. The first-order valence-corrected chi connectivity index (χ1v) is 8.36. The second-order valence-corrected chi connectivity index (χ2v) is 8.92. The van der Waals surface area contributed by atoms with E-state index in [4.69, 9.17) is 16.7 Å². The van der Waals surface area contributed by atoms with Crippen LogP contribution in [0.4, 0.5) is 4.79 Å². The van der Waals surface area contributed by atoms with Gasteiger partial charge in [0.2, 0.25) is 0 Å². The normalized spacial score (nSPS) is 12.4. The van der Waals surface area contributed by atoms with Crippen LogP contribution in [0.2, 0.25) is 4.34 Å². The standard InChI is InChI=1S/C11H17ClN2O4S2/c1-11(2,3)13-20(17,18)8-5-7(9(12)19-8)6-14(4)10(15)16/h5,13H,6H2,1-4H3,(H,15,16). The molecular formula is C11H17ClN2O4S2. The summed E-state index contributed by atoms with van der Waals surface area (Å²) in [6.07, 6.45) is -1.11. The highest BCUT2D eigenvalue weighted by Gasteiger charge is 2.25. The van der Waals surface area contributed by atoms with E-state index in [1.807, 2.05) is 0 Å². The third-order valence-electron chi connectivity index (χ3n) is 2.17. The molecule has 0 fully saturated rings. The highest BCUT2D eigenvalue weighted by molar-refractivity contribution is 7.91. The van der Waals surface area contributed by atoms with Gasteiger partial charge in [-0.15, -0.1) is 11.3 Å². The van der Waals surface area contributed by atoms with Gasteiger partial charge in [0.25, 0.3) is 10.0 Å². The molecule has 6 nitrogen and oxygen atoms in total. The Balaban J connectivity index is 3.03. The molecule has 0 radical (unpaired) electrons. The molecule has 0 spiro atoms. The van der Waals surface area contributed by atoms with Crippen LogP contribution in [0.25, 0.3) is 0 Å². The van der Waals surface area contributed by atoms with E-state index in [0.29, 0.717) is 5.56 Å². The molecule has 0 aliphatic rings. The summed E-state index contributed by atoms with van der Waals surface area (Å²) >= 11 is 6.89. The maximum Gasteiger partial charge on any atom is 0.407 e. The minimum absolute atomic E-state index is 0.0374. The van der Waals surface area contributed by atoms with E-state index in [1.165, 1.54) is 13.1 Å². The van der Waals surface area contributed by atoms with Crippen LogP contribution in [0.15, 0.2) is 10.3 Å². The maximum atomic E-state index is 12.1. The largest absolute Gasteiger partial charge is 0.465 e. The summed E-state index contributed by atoms with van der Waals surface area (Å²) in [5.41, 5.74) is -0.135. The molecule has 1 heterocycles. The second-order valence-electron chi connectivity index (χ2n) is 5.36. The van der Waals surface area contributed by atoms with E-state index in [9.17, 15) is 13.2 Å². The van der Waals surface area contributed by atoms with Gasteiger partial charge in [-0.2, -0.15) is 0 Å². The third kappa shape index (κ3) is 4.62. The Hall–Kier alpha value is -0.830. The number of rotatable bonds is 4. The molecular weight excluding hydrogens is 324 g/mol. The first-order chi connectivity index (χ1) is 8.92. The molecule has 0 bridgehead atoms. The van der Waals surface area contributed by atoms with Gasteiger partial charge in [0.15, 0.2) is 0 Å². The molecule has 1 amide bonds. The van der Waals surface area contributed by atoms with Crippen LogP contribution < -0.4 is 4.72 Å². The Labute approximate surface area is 127 Å². The molecule has 0 saturated heterocycles. The summed E-state index contributed by atoms with van der Waals surface area (Å²) in [6, 6.07) is 1.40. The van der Waals surface area contributed by atoms with Gasteiger partial charge in [0, 0.05) is 18.2 Å². The molecule has 0 aliphatic heterocycles. The fraction of sp³-hybridized carbons (Fsp3) is 0.545. The van der Waals surface area contributed by atoms with Gasteiger partial charge in [-0.1, -0.05) is 11.6 Å². The molecule has 2 N–H and O–H groups in total. The molecule has 0 aromatic carbocycles. The Morgan fingerprint density at radius 2 is 2.05 bits per heavy atom. The van der Waals surface area contributed by atoms with Gasteiger partial charge in [-0.05, 0) is 26.8 Å². The highest BCUT2D eigenvalue weighted by atomic mass is 35.5. The van der Waals surface area contributed by atoms with Gasteiger partial charge >= 0.3 is 6.09 Å². The molecule has 0 saturated carbocycles. The summed E-state index contributed by atoms with van der Waals surface area (Å²) < 4.78 is 27.2. The minimum atomic E-state index is -3.66. The van der Waals surface area contributed by atoms with Gasteiger partial charge < -0.3 is 10.0 Å². The number of halogens is 1. The summed E-state index contributed by atoms with van der Waals surface area (Å²) in [4.78, 5) is 11.8. The number of hydrogen-bond acceptors (Lipinski definition) is 4. The van der Waals surface area contributed by atoms with Crippen LogP contribution in [0.3, 0.4) is 0 Å². The number of nitrogens with one attached hydrogen (secondary N) is 1. The van der Waals surface area contributed by atoms with Gasteiger partial charge in [0.1, 0.15) is 4.21 Å². The Kier molecular flexibility index (Phi) is 5.07. The predicted molar refractivity (Wildman–Crippen MR) is 78.9 cm³/mol. The minimum Gasteiger partial charge on any atom is -0.465 e. The molecule has 0 atom stereocenters. The van der Waals surface area contributed by atoms with Crippen molar-refractivity contribution in [3.63, 3.8) is 0 Å². The number of carboxylic acid groups (broad SMARTS) is 1. The van der Waals surface area contributed by atoms with E-state index < -0.39 is 21.7 Å². The first kappa shape index (κ1) is 17.2. The van der Waals surface area contributed by atoms with Crippen LogP contribution in [-0.2, 0) is 16.6 Å². The molecule has 9 heteroatoms. The molecule has 1 aromatic heterocycles. The zero-order chi connectivity index (χ0) is 15.7. The van der Waals surface area contributed by atoms with Crippen molar-refractivity contribution in [3.05, 3.63) is 16.0 Å². The van der Waals surface area contributed by atoms with Crippen LogP contribution >= 0.6 is 22.9 Å². The lowest BCUT2D eigenvalue weighted by Crippen LogP contribution is -2.40. The van der Waals surface area contributed by atoms with E-state index in [2.05, 4.69) is 4.72 Å². The van der Waals surface area contributed by atoms with Crippen molar-refractivity contribution in [2.45, 2.75) is 37.1 Å². The Bertz CT molecular complexity index is 604. The van der Waals surface area contributed by atoms with Gasteiger partial charge in [-0.3, -0.25) is 0 Å². The van der Waals surface area contributed by atoms with E-state index in [1.54, 1.807) is 20.8 Å². The molecule has 1 aromatic rings. The average Bonchev–Trinajstić information content (AvgIpc) is 2.57. The summed E-state index contributed by atoms with van der Waals surface area (Å²) in [6.45, 7) is 5.24. The maximum absolute atomic E-state index is 12.1. The average molecular weight is 341 g/mol. The first-order valence-electron chi connectivity index (χ1n) is 5.68. The van der Waals surface area contributed by atoms with Crippen molar-refractivity contribution in [2.75, 3.05) is 7.05 Å². The highest BCUT2D eigenvalue weighted by Crippen LogP contribution is 2.32. The third-order valence-corrected chi connectivity index (χ3v) is 5.85. The lowest BCUT2D eigenvalue weighted by atomic mass is 10.1. The fourth-order valence-electron chi connectivity index (χ4n) is 1.40. The van der Waals surface area contributed by atoms with E-state index in [0.717, 1.165) is 16.2 Å². The van der Waals surface area contributed by atoms with Crippen LogP contribution in [-0.4, -0.2) is 37.1 Å². The second kappa shape index (κ2) is 5.88. The van der Waals surface area contributed by atoms with Crippen LogP contribution in [0, 0.1) is 0 Å². The number of nitrogens with zero attached hydrogens (tertiary/aromatic N) is 1. The Morgan fingerprint density at radius 3 is 2.50 bits per heavy atom. The SMILES string of the molecule is CN(Cc1cc(S(=O)(=O)NC(C)(C)C)sc1Cl)C(=O)O. The van der Waals surface area contributed by atoms with Crippen molar-refractivity contribution in [1.82, 2.24) is 9.62 Å². The van der Waals surface area contributed by atoms with Gasteiger partial charge in [-0.25, -0.2) is 17.9 Å². The number of thiophene rings is 1. The van der Waals surface area contributed by atoms with E-state index in [-0.39, 0.29) is 15.1 Å². The van der Waals surface area contributed by atoms with Crippen LogP contribution in [0.1, 0.15) is 26.3 Å². The zero-order valence-corrected chi connectivity index (χ0v) is 14.0. The van der Waals surface area contributed by atoms with Crippen molar-refractivity contribution in [3.8, 4) is 0 Å². The number of carbonyl (C=O) groups is 1. The predicted octanol–water partition coefficient (Wildman–Crippen LogP) is 2.59. The smallest absolute Gasteiger partial charge is 0.407 e. The lowest BCUT2D eigenvalue weighted by Gasteiger charge is -2.19. The molecule has 0 aliphatic carbocycles. The number of hydrogen-bond donors (Lipinski definition) is 2. The molecule has 1 rings (SSSR count).